The van der Waals surface area contributed by atoms with Gasteiger partial charge in [-0.1, -0.05) is 12.1 Å². The summed E-state index contributed by atoms with van der Waals surface area (Å²) in [6.07, 6.45) is -1.18. The Morgan fingerprint density at radius 1 is 1.00 bits per heavy atom. The Kier molecular flexibility index (Phi) is 7.55. The highest BCUT2D eigenvalue weighted by Gasteiger charge is 2.21. The summed E-state index contributed by atoms with van der Waals surface area (Å²) in [6.45, 7) is 1.19. The summed E-state index contributed by atoms with van der Waals surface area (Å²) in [6, 6.07) is 9.34. The van der Waals surface area contributed by atoms with Crippen molar-refractivity contribution in [2.24, 2.45) is 10.4 Å². The van der Waals surface area contributed by atoms with Gasteiger partial charge in [0, 0.05) is 28.7 Å². The maximum Gasteiger partial charge on any atom is 0.351 e. The van der Waals surface area contributed by atoms with Gasteiger partial charge in [0.25, 0.3) is 26.3 Å². The Hall–Kier alpha value is -4.85. The predicted molar refractivity (Wildman–Crippen MR) is 135 cm³/mol. The van der Waals surface area contributed by atoms with Crippen molar-refractivity contribution in [3.63, 3.8) is 0 Å². The second-order valence-electron chi connectivity index (χ2n) is 7.80. The zero-order valence-corrected chi connectivity index (χ0v) is 21.5. The van der Waals surface area contributed by atoms with E-state index in [1.54, 1.807) is 4.98 Å². The molecule has 3 aromatic carbocycles. The van der Waals surface area contributed by atoms with Gasteiger partial charge >= 0.3 is 5.69 Å². The lowest BCUT2D eigenvalue weighted by Crippen LogP contribution is -2.16. The van der Waals surface area contributed by atoms with Crippen LogP contribution >= 0.6 is 0 Å². The number of carbonyl (C=O) groups is 1. The van der Waals surface area contributed by atoms with Crippen LogP contribution in [0, 0.1) is 6.08 Å². The number of hydrogen-bond acceptors (Lipinski definition) is 12. The molecule has 0 spiro atoms. The minimum Gasteiger partial charge on any atom is -0.337 e. The Morgan fingerprint density at radius 2 is 1.73 bits per heavy atom. The number of aromatic nitrogens is 3. The fraction of sp³-hybridized carbons (Fsp3) is 0.0476. The largest absolute Gasteiger partial charge is 0.351 e. The standard InChI is InChI=1S/C21H16FN7O9S2/c1-10(30)23-15-8-11(24-20-25-19(22)26-21(31)27-20)5-6-16(15)38-29-28-12-7-14-13(18(9-12)40(35,36)37)3-2-4-17(14)39(32,33)34/h2-9H,1H3,(H,23,30)(H,32,33,34)(H,35,36,37)(H2,24,25,26,27,31). The molecule has 208 valence electrons. The van der Waals surface area contributed by atoms with Crippen LogP contribution < -0.4 is 21.2 Å². The molecule has 0 fully saturated rings. The van der Waals surface area contributed by atoms with E-state index in [1.807, 2.05) is 0 Å². The summed E-state index contributed by atoms with van der Waals surface area (Å²) in [7, 11) is -9.67. The molecule has 0 bridgehead atoms. The molecule has 0 aliphatic heterocycles. The first-order valence-electron chi connectivity index (χ1n) is 10.6. The molecule has 1 amide bonds. The molecule has 1 aromatic heterocycles. The molecule has 0 saturated carbocycles. The van der Waals surface area contributed by atoms with Crippen LogP contribution in [-0.4, -0.2) is 46.8 Å². The molecule has 0 aliphatic carbocycles. The van der Waals surface area contributed by atoms with E-state index in [1.165, 1.54) is 37.3 Å². The molecule has 4 aromatic rings. The average molecular weight is 594 g/mol. The fourth-order valence-corrected chi connectivity index (χ4v) is 4.86. The first kappa shape index (κ1) is 28.2. The van der Waals surface area contributed by atoms with Gasteiger partial charge in [-0.3, -0.25) is 18.9 Å². The van der Waals surface area contributed by atoms with Crippen molar-refractivity contribution in [2.75, 3.05) is 10.6 Å². The molecule has 0 radical (unpaired) electrons. The quantitative estimate of drug-likeness (QED) is 0.112. The average Bonchev–Trinajstić information content (AvgIpc) is 2.82. The molecule has 0 atom stereocenters. The lowest BCUT2D eigenvalue weighted by Gasteiger charge is -2.11. The topological polar surface area (TPSA) is 242 Å². The van der Waals surface area contributed by atoms with Crippen molar-refractivity contribution in [2.45, 2.75) is 16.7 Å². The Morgan fingerprint density at radius 3 is 2.38 bits per heavy atom. The molecule has 0 unspecified atom stereocenters. The minimum absolute atomic E-state index is 0.0209. The van der Waals surface area contributed by atoms with Gasteiger partial charge in [-0.25, -0.2) is 4.79 Å². The number of aromatic amines is 1. The van der Waals surface area contributed by atoms with E-state index in [2.05, 4.69) is 31.0 Å². The van der Waals surface area contributed by atoms with Crippen LogP contribution in [0.2, 0.25) is 0 Å². The van der Waals surface area contributed by atoms with Crippen molar-refractivity contribution in [1.29, 1.82) is 0 Å². The molecule has 5 N–H and O–H groups in total. The third kappa shape index (κ3) is 6.58. The van der Waals surface area contributed by atoms with E-state index >= 15 is 0 Å². The number of nitrogens with zero attached hydrogens (tertiary/aromatic N) is 4. The van der Waals surface area contributed by atoms with Crippen molar-refractivity contribution in [3.05, 3.63) is 65.1 Å². The number of nitrogens with one attached hydrogen (secondary N) is 3. The third-order valence-corrected chi connectivity index (χ3v) is 6.73. The Labute approximate surface area is 223 Å². The maximum absolute atomic E-state index is 13.3. The van der Waals surface area contributed by atoms with Crippen LogP contribution in [0.1, 0.15) is 6.92 Å². The van der Waals surface area contributed by atoms with Crippen LogP contribution in [0.4, 0.5) is 27.4 Å². The van der Waals surface area contributed by atoms with Gasteiger partial charge in [0.05, 0.1) is 11.4 Å². The summed E-state index contributed by atoms with van der Waals surface area (Å²) in [5.74, 6) is -0.988. The van der Waals surface area contributed by atoms with Crippen LogP contribution in [0.3, 0.4) is 0 Å². The van der Waals surface area contributed by atoms with Gasteiger partial charge in [-0.2, -0.15) is 31.2 Å². The maximum atomic E-state index is 13.3. The zero-order chi connectivity index (χ0) is 29.2. The number of hydrogen-bond donors (Lipinski definition) is 5. The summed E-state index contributed by atoms with van der Waals surface area (Å²) < 4.78 is 80.0. The van der Waals surface area contributed by atoms with Crippen LogP contribution in [-0.2, 0) is 25.0 Å². The second kappa shape index (κ2) is 10.7. The first-order valence-corrected chi connectivity index (χ1v) is 13.5. The lowest BCUT2D eigenvalue weighted by atomic mass is 10.1. The van der Waals surface area contributed by atoms with Crippen LogP contribution in [0.5, 0.6) is 5.75 Å². The van der Waals surface area contributed by atoms with E-state index in [-0.39, 0.29) is 39.5 Å². The SMILES string of the molecule is CC(=O)Nc1cc(Nc2nc(F)[nH]c(=O)n2)ccc1ON=Nc1cc(S(=O)(=O)O)c2cccc(S(=O)(=O)O)c2c1. The number of amides is 1. The first-order chi connectivity index (χ1) is 18.7. The van der Waals surface area contributed by atoms with Gasteiger partial charge in [0.15, 0.2) is 5.75 Å². The molecule has 4 rings (SSSR count). The number of H-pyrrole nitrogens is 1. The van der Waals surface area contributed by atoms with E-state index in [9.17, 15) is 39.9 Å². The number of carbonyl (C=O) groups excluding carboxylic acids is 1. The number of fused-ring (bicyclic) bond motifs is 1. The van der Waals surface area contributed by atoms with Gasteiger partial charge < -0.3 is 15.5 Å². The number of benzene rings is 3. The smallest absolute Gasteiger partial charge is 0.337 e. The lowest BCUT2D eigenvalue weighted by molar-refractivity contribution is -0.114. The molecular formula is C21H16FN7O9S2. The van der Waals surface area contributed by atoms with E-state index in [0.29, 0.717) is 0 Å². The van der Waals surface area contributed by atoms with Crippen molar-refractivity contribution < 1.29 is 40.0 Å². The van der Waals surface area contributed by atoms with Crippen molar-refractivity contribution >= 4 is 59.9 Å². The summed E-state index contributed by atoms with van der Waals surface area (Å²) in [4.78, 5) is 35.4. The van der Waals surface area contributed by atoms with E-state index in [0.717, 1.165) is 18.2 Å². The summed E-state index contributed by atoms with van der Waals surface area (Å²) >= 11 is 0. The molecular weight excluding hydrogens is 577 g/mol. The molecule has 0 saturated heterocycles. The molecule has 40 heavy (non-hydrogen) atoms. The van der Waals surface area contributed by atoms with E-state index < -0.39 is 47.7 Å². The predicted octanol–water partition coefficient (Wildman–Crippen LogP) is 2.73. The van der Waals surface area contributed by atoms with Gasteiger partial charge in [0.1, 0.15) is 9.79 Å². The zero-order valence-electron chi connectivity index (χ0n) is 19.9. The van der Waals surface area contributed by atoms with Crippen LogP contribution in [0.15, 0.2) is 73.5 Å². The van der Waals surface area contributed by atoms with Gasteiger partial charge in [-0.15, -0.1) is 5.11 Å². The Bertz CT molecular complexity index is 1960. The fourth-order valence-electron chi connectivity index (χ4n) is 3.43. The highest BCUT2D eigenvalue weighted by molar-refractivity contribution is 7.86. The summed E-state index contributed by atoms with van der Waals surface area (Å²) in [5, 5.41) is 11.7. The van der Waals surface area contributed by atoms with Gasteiger partial charge in [-0.05, 0) is 36.4 Å². The monoisotopic (exact) mass is 593 g/mol. The van der Waals surface area contributed by atoms with Crippen molar-refractivity contribution in [3.8, 4) is 5.75 Å². The van der Waals surface area contributed by atoms with Crippen LogP contribution in [0.25, 0.3) is 10.8 Å². The van der Waals surface area contributed by atoms with Gasteiger partial charge in [0.2, 0.25) is 11.9 Å². The molecule has 1 heterocycles. The van der Waals surface area contributed by atoms with Crippen molar-refractivity contribution in [1.82, 2.24) is 15.0 Å². The summed E-state index contributed by atoms with van der Waals surface area (Å²) in [5.41, 5.74) is -1.06. The highest BCUT2D eigenvalue weighted by Crippen LogP contribution is 2.34. The Balaban J connectivity index is 1.70. The molecule has 19 heteroatoms. The number of anilines is 3. The highest BCUT2D eigenvalue weighted by atomic mass is 32.2. The molecule has 16 nitrogen and oxygen atoms in total. The number of halogens is 1. The molecule has 0 aliphatic rings. The van der Waals surface area contributed by atoms with E-state index in [4.69, 9.17) is 4.84 Å². The second-order valence-corrected chi connectivity index (χ2v) is 10.6. The number of rotatable bonds is 8. The minimum atomic E-state index is -4.88. The normalized spacial score (nSPS) is 12.0. The third-order valence-electron chi connectivity index (χ3n) is 4.92.